The van der Waals surface area contributed by atoms with E-state index in [4.69, 9.17) is 5.73 Å². The smallest absolute Gasteiger partial charge is 0.150 e. The Morgan fingerprint density at radius 3 is 2.53 bits per heavy atom. The molecule has 2 heterocycles. The molecule has 108 valence electrons. The zero-order valence-electron chi connectivity index (χ0n) is 12.8. The van der Waals surface area contributed by atoms with Gasteiger partial charge in [0.1, 0.15) is 0 Å². The summed E-state index contributed by atoms with van der Waals surface area (Å²) in [5.41, 5.74) is 8.18. The van der Waals surface area contributed by atoms with E-state index in [9.17, 15) is 0 Å². The van der Waals surface area contributed by atoms with Gasteiger partial charge in [-0.15, -0.1) is 0 Å². The molecule has 0 saturated carbocycles. The van der Waals surface area contributed by atoms with Gasteiger partial charge in [-0.2, -0.15) is 5.10 Å². The van der Waals surface area contributed by atoms with Gasteiger partial charge in [-0.05, 0) is 19.4 Å². The zero-order valence-corrected chi connectivity index (χ0v) is 12.8. The number of hydrogen-bond donors (Lipinski definition) is 1. The second-order valence-corrected chi connectivity index (χ2v) is 5.82. The molecule has 5 nitrogen and oxygen atoms in total. The quantitative estimate of drug-likeness (QED) is 0.903. The van der Waals surface area contributed by atoms with Gasteiger partial charge in [0.05, 0.1) is 11.4 Å². The van der Waals surface area contributed by atoms with Gasteiger partial charge in [0.15, 0.2) is 5.82 Å². The van der Waals surface area contributed by atoms with Crippen LogP contribution in [-0.2, 0) is 7.05 Å². The average Bonchev–Trinajstić information content (AvgIpc) is 2.65. The zero-order chi connectivity index (χ0) is 14.2. The summed E-state index contributed by atoms with van der Waals surface area (Å²) in [6.45, 7) is 13.0. The van der Waals surface area contributed by atoms with Crippen LogP contribution < -0.4 is 10.6 Å². The summed E-state index contributed by atoms with van der Waals surface area (Å²) in [6, 6.07) is 0.565. The lowest BCUT2D eigenvalue weighted by Gasteiger charge is -2.40. The topological polar surface area (TPSA) is 50.3 Å². The highest BCUT2D eigenvalue weighted by atomic mass is 15.4. The number of aryl methyl sites for hydroxylation is 1. The van der Waals surface area contributed by atoms with Crippen molar-refractivity contribution in [3.63, 3.8) is 0 Å². The van der Waals surface area contributed by atoms with E-state index in [2.05, 4.69) is 42.6 Å². The van der Waals surface area contributed by atoms with Crippen molar-refractivity contribution in [2.45, 2.75) is 39.7 Å². The SMILES string of the molecule is CCN1CCN(c2c(N)c(C(C)C)nn2C)CC1C. The van der Waals surface area contributed by atoms with Crippen LogP contribution in [-0.4, -0.2) is 46.9 Å². The number of aromatic nitrogens is 2. The summed E-state index contributed by atoms with van der Waals surface area (Å²) in [6.07, 6.45) is 0. The maximum absolute atomic E-state index is 6.31. The maximum atomic E-state index is 6.31. The first-order valence-electron chi connectivity index (χ1n) is 7.27. The molecule has 1 aliphatic rings. The van der Waals surface area contributed by atoms with Crippen LogP contribution in [0, 0.1) is 0 Å². The second-order valence-electron chi connectivity index (χ2n) is 5.82. The predicted octanol–water partition coefficient (Wildman–Crippen LogP) is 1.66. The molecule has 1 fully saturated rings. The normalized spacial score (nSPS) is 21.4. The minimum atomic E-state index is 0.370. The Kier molecular flexibility index (Phi) is 4.04. The Morgan fingerprint density at radius 2 is 2.05 bits per heavy atom. The van der Waals surface area contributed by atoms with E-state index in [1.165, 1.54) is 0 Å². The number of anilines is 2. The van der Waals surface area contributed by atoms with Crippen molar-refractivity contribution in [3.05, 3.63) is 5.69 Å². The lowest BCUT2D eigenvalue weighted by Crippen LogP contribution is -2.52. The molecular weight excluding hydrogens is 238 g/mol. The van der Waals surface area contributed by atoms with E-state index in [1.54, 1.807) is 0 Å². The number of nitrogen functional groups attached to an aromatic ring is 1. The van der Waals surface area contributed by atoms with Crippen molar-refractivity contribution in [2.24, 2.45) is 7.05 Å². The van der Waals surface area contributed by atoms with Crippen molar-refractivity contribution in [2.75, 3.05) is 36.8 Å². The fourth-order valence-electron chi connectivity index (χ4n) is 3.01. The molecule has 1 aromatic rings. The van der Waals surface area contributed by atoms with Crippen LogP contribution in [0.3, 0.4) is 0 Å². The summed E-state index contributed by atoms with van der Waals surface area (Å²) >= 11 is 0. The maximum Gasteiger partial charge on any atom is 0.150 e. The van der Waals surface area contributed by atoms with Gasteiger partial charge in [-0.25, -0.2) is 0 Å². The molecule has 1 saturated heterocycles. The predicted molar refractivity (Wildman–Crippen MR) is 80.6 cm³/mol. The van der Waals surface area contributed by atoms with Crippen LogP contribution >= 0.6 is 0 Å². The molecule has 1 unspecified atom stereocenters. The second kappa shape index (κ2) is 5.41. The first-order valence-corrected chi connectivity index (χ1v) is 7.27. The monoisotopic (exact) mass is 265 g/mol. The minimum Gasteiger partial charge on any atom is -0.394 e. The summed E-state index contributed by atoms with van der Waals surface area (Å²) in [7, 11) is 1.99. The van der Waals surface area contributed by atoms with Gasteiger partial charge in [0, 0.05) is 32.7 Å². The molecule has 5 heteroatoms. The third-order valence-electron chi connectivity index (χ3n) is 4.10. The van der Waals surface area contributed by atoms with E-state index in [0.29, 0.717) is 12.0 Å². The van der Waals surface area contributed by atoms with E-state index < -0.39 is 0 Å². The van der Waals surface area contributed by atoms with Gasteiger partial charge in [0.25, 0.3) is 0 Å². The Bertz CT molecular complexity index is 437. The molecule has 1 aliphatic heterocycles. The first-order chi connectivity index (χ1) is 8.95. The highest BCUT2D eigenvalue weighted by Gasteiger charge is 2.27. The fourth-order valence-corrected chi connectivity index (χ4v) is 3.01. The van der Waals surface area contributed by atoms with Crippen LogP contribution in [0.15, 0.2) is 0 Å². The molecule has 0 bridgehead atoms. The van der Waals surface area contributed by atoms with Gasteiger partial charge in [-0.3, -0.25) is 9.58 Å². The summed E-state index contributed by atoms with van der Waals surface area (Å²) in [5, 5.41) is 4.59. The number of nitrogens with two attached hydrogens (primary N) is 1. The highest BCUT2D eigenvalue weighted by molar-refractivity contribution is 5.67. The number of hydrogen-bond acceptors (Lipinski definition) is 4. The van der Waals surface area contributed by atoms with Crippen molar-refractivity contribution in [3.8, 4) is 0 Å². The molecule has 2 rings (SSSR count). The molecule has 1 atom stereocenters. The number of likely N-dealkylation sites (N-methyl/N-ethyl adjacent to an activating group) is 1. The molecule has 1 aromatic heterocycles. The third kappa shape index (κ3) is 2.56. The van der Waals surface area contributed by atoms with Crippen LogP contribution in [0.5, 0.6) is 0 Å². The average molecular weight is 265 g/mol. The van der Waals surface area contributed by atoms with Crippen LogP contribution in [0.2, 0.25) is 0 Å². The summed E-state index contributed by atoms with van der Waals surface area (Å²) in [5.74, 6) is 1.46. The summed E-state index contributed by atoms with van der Waals surface area (Å²) in [4.78, 5) is 4.89. The Labute approximate surface area is 116 Å². The van der Waals surface area contributed by atoms with Crippen LogP contribution in [0.4, 0.5) is 11.5 Å². The van der Waals surface area contributed by atoms with Gasteiger partial charge < -0.3 is 10.6 Å². The number of nitrogens with zero attached hydrogens (tertiary/aromatic N) is 4. The van der Waals surface area contributed by atoms with Crippen molar-refractivity contribution < 1.29 is 0 Å². The van der Waals surface area contributed by atoms with Crippen molar-refractivity contribution in [1.29, 1.82) is 0 Å². The molecule has 19 heavy (non-hydrogen) atoms. The largest absolute Gasteiger partial charge is 0.394 e. The van der Waals surface area contributed by atoms with Crippen molar-refractivity contribution in [1.82, 2.24) is 14.7 Å². The fraction of sp³-hybridized carbons (Fsp3) is 0.786. The number of rotatable bonds is 3. The third-order valence-corrected chi connectivity index (χ3v) is 4.10. The van der Waals surface area contributed by atoms with E-state index in [-0.39, 0.29) is 0 Å². The lowest BCUT2D eigenvalue weighted by molar-refractivity contribution is 0.198. The van der Waals surface area contributed by atoms with E-state index in [1.807, 2.05) is 11.7 Å². The Morgan fingerprint density at radius 1 is 1.37 bits per heavy atom. The molecule has 0 aliphatic carbocycles. The molecule has 0 spiro atoms. The minimum absolute atomic E-state index is 0.370. The molecule has 0 amide bonds. The first kappa shape index (κ1) is 14.2. The Hall–Kier alpha value is -1.23. The van der Waals surface area contributed by atoms with Crippen LogP contribution in [0.25, 0.3) is 0 Å². The molecular formula is C14H27N5. The standard InChI is InChI=1S/C14H27N5/c1-6-18-7-8-19(9-11(18)4)14-12(15)13(10(2)3)16-17(14)5/h10-11H,6-9,15H2,1-5H3. The molecule has 0 aromatic carbocycles. The lowest BCUT2D eigenvalue weighted by atomic mass is 10.1. The van der Waals surface area contributed by atoms with E-state index >= 15 is 0 Å². The Balaban J connectivity index is 2.24. The number of piperazine rings is 1. The molecule has 2 N–H and O–H groups in total. The molecule has 0 radical (unpaired) electrons. The van der Waals surface area contributed by atoms with Gasteiger partial charge in [-0.1, -0.05) is 20.8 Å². The van der Waals surface area contributed by atoms with Gasteiger partial charge in [0.2, 0.25) is 0 Å². The van der Waals surface area contributed by atoms with Crippen LogP contribution in [0.1, 0.15) is 39.3 Å². The van der Waals surface area contributed by atoms with E-state index in [0.717, 1.165) is 43.4 Å². The highest BCUT2D eigenvalue weighted by Crippen LogP contribution is 2.31. The van der Waals surface area contributed by atoms with Gasteiger partial charge >= 0.3 is 0 Å². The summed E-state index contributed by atoms with van der Waals surface area (Å²) < 4.78 is 1.94. The van der Waals surface area contributed by atoms with Crippen molar-refractivity contribution >= 4 is 11.5 Å².